The summed E-state index contributed by atoms with van der Waals surface area (Å²) in [5, 5.41) is 11.6. The van der Waals surface area contributed by atoms with Crippen LogP contribution in [0.5, 0.6) is 17.2 Å². The Labute approximate surface area is 227 Å². The predicted octanol–water partition coefficient (Wildman–Crippen LogP) is 5.87. The first-order chi connectivity index (χ1) is 18.9. The lowest BCUT2D eigenvalue weighted by molar-refractivity contribution is -0.132. The van der Waals surface area contributed by atoms with E-state index in [2.05, 4.69) is 4.98 Å². The van der Waals surface area contributed by atoms with Crippen molar-refractivity contribution in [3.05, 3.63) is 83.2 Å². The van der Waals surface area contributed by atoms with Gasteiger partial charge in [-0.05, 0) is 74.0 Å². The number of hydrogen-bond acceptors (Lipinski definition) is 8. The van der Waals surface area contributed by atoms with Gasteiger partial charge in [0, 0.05) is 5.56 Å². The van der Waals surface area contributed by atoms with Crippen molar-refractivity contribution < 1.29 is 33.3 Å². The van der Waals surface area contributed by atoms with E-state index >= 15 is 0 Å². The summed E-state index contributed by atoms with van der Waals surface area (Å²) in [6.45, 7) is 4.59. The van der Waals surface area contributed by atoms with Crippen molar-refractivity contribution in [1.29, 1.82) is 0 Å². The molecule has 8 nitrogen and oxygen atoms in total. The van der Waals surface area contributed by atoms with Gasteiger partial charge in [0.2, 0.25) is 0 Å². The van der Waals surface area contributed by atoms with Crippen LogP contribution >= 0.6 is 11.3 Å². The van der Waals surface area contributed by atoms with Crippen LogP contribution in [0.25, 0.3) is 16.0 Å². The van der Waals surface area contributed by atoms with Crippen LogP contribution in [0.1, 0.15) is 31.0 Å². The molecule has 10 heteroatoms. The lowest BCUT2D eigenvalue weighted by Crippen LogP contribution is -2.29. The highest BCUT2D eigenvalue weighted by molar-refractivity contribution is 7.22. The Morgan fingerprint density at radius 3 is 2.44 bits per heavy atom. The van der Waals surface area contributed by atoms with E-state index in [0.717, 1.165) is 11.3 Å². The minimum Gasteiger partial charge on any atom is -0.507 e. The van der Waals surface area contributed by atoms with Crippen molar-refractivity contribution in [2.45, 2.75) is 19.9 Å². The average molecular weight is 549 g/mol. The number of nitrogens with zero attached hydrogens (tertiary/aromatic N) is 2. The Morgan fingerprint density at radius 2 is 1.74 bits per heavy atom. The second kappa shape index (κ2) is 10.7. The van der Waals surface area contributed by atoms with Crippen molar-refractivity contribution in [2.24, 2.45) is 0 Å². The largest absolute Gasteiger partial charge is 0.507 e. The smallest absolute Gasteiger partial charge is 0.301 e. The maximum Gasteiger partial charge on any atom is 0.301 e. The van der Waals surface area contributed by atoms with Gasteiger partial charge in [-0.25, -0.2) is 9.37 Å². The summed E-state index contributed by atoms with van der Waals surface area (Å²) >= 11 is 1.08. The first-order valence-corrected chi connectivity index (χ1v) is 13.1. The molecule has 0 saturated carbocycles. The molecule has 0 radical (unpaired) electrons. The number of halogens is 1. The normalized spacial score (nSPS) is 16.6. The lowest BCUT2D eigenvalue weighted by Gasteiger charge is -2.24. The fourth-order valence-corrected chi connectivity index (χ4v) is 5.51. The zero-order valence-electron chi connectivity index (χ0n) is 21.4. The molecule has 1 unspecified atom stereocenters. The molecule has 1 aliphatic heterocycles. The number of methoxy groups -OCH3 is 1. The zero-order chi connectivity index (χ0) is 27.7. The molecule has 1 amide bonds. The van der Waals surface area contributed by atoms with Gasteiger partial charge in [0.1, 0.15) is 17.3 Å². The third-order valence-corrected chi connectivity index (χ3v) is 7.25. The molecular weight excluding hydrogens is 523 g/mol. The van der Waals surface area contributed by atoms with Crippen LogP contribution in [0.4, 0.5) is 9.52 Å². The number of carbonyl (C=O) groups is 2. The summed E-state index contributed by atoms with van der Waals surface area (Å²) in [7, 11) is 1.49. The third-order valence-electron chi connectivity index (χ3n) is 6.23. The number of benzene rings is 3. The number of aliphatic hydroxyl groups is 1. The topological polar surface area (TPSA) is 98.2 Å². The molecule has 1 atom stereocenters. The minimum atomic E-state index is -1.04. The van der Waals surface area contributed by atoms with Gasteiger partial charge in [-0.15, -0.1) is 0 Å². The first-order valence-electron chi connectivity index (χ1n) is 12.3. The van der Waals surface area contributed by atoms with Crippen molar-refractivity contribution in [3.8, 4) is 17.2 Å². The van der Waals surface area contributed by atoms with Crippen molar-refractivity contribution in [1.82, 2.24) is 4.98 Å². The minimum absolute atomic E-state index is 0.110. The summed E-state index contributed by atoms with van der Waals surface area (Å²) in [5.74, 6) is -1.03. The molecule has 0 bridgehead atoms. The van der Waals surface area contributed by atoms with Crippen LogP contribution < -0.4 is 19.1 Å². The molecule has 1 aliphatic rings. The van der Waals surface area contributed by atoms with Gasteiger partial charge in [-0.2, -0.15) is 0 Å². The number of ether oxygens (including phenoxy) is 3. The number of anilines is 1. The molecular formula is C29H25FN2O6S. The summed E-state index contributed by atoms with van der Waals surface area (Å²) in [6.07, 6.45) is 0. The second-order valence-electron chi connectivity index (χ2n) is 8.58. The number of carbonyl (C=O) groups excluding carboxylic acids is 2. The second-order valence-corrected chi connectivity index (χ2v) is 9.59. The van der Waals surface area contributed by atoms with Crippen molar-refractivity contribution in [3.63, 3.8) is 0 Å². The molecule has 0 aliphatic carbocycles. The zero-order valence-corrected chi connectivity index (χ0v) is 22.3. The summed E-state index contributed by atoms with van der Waals surface area (Å²) in [5.41, 5.74) is 1.20. The van der Waals surface area contributed by atoms with E-state index in [9.17, 15) is 19.1 Å². The van der Waals surface area contributed by atoms with Crippen LogP contribution in [0.15, 0.2) is 66.2 Å². The maximum absolute atomic E-state index is 13.9. The molecule has 200 valence electrons. The third kappa shape index (κ3) is 4.79. The molecule has 1 fully saturated rings. The Kier molecular flexibility index (Phi) is 7.21. The summed E-state index contributed by atoms with van der Waals surface area (Å²) < 4.78 is 31.0. The van der Waals surface area contributed by atoms with E-state index in [1.165, 1.54) is 30.2 Å². The maximum atomic E-state index is 13.9. The van der Waals surface area contributed by atoms with E-state index in [1.807, 2.05) is 13.8 Å². The fourth-order valence-electron chi connectivity index (χ4n) is 4.49. The van der Waals surface area contributed by atoms with Gasteiger partial charge < -0.3 is 19.3 Å². The Balaban J connectivity index is 1.70. The van der Waals surface area contributed by atoms with Crippen LogP contribution in [-0.2, 0) is 9.59 Å². The standard InChI is InChI=1S/C29H25FN2O6S/c1-4-37-19-10-6-16(7-11-19)26(33)24-25(17-8-13-21(38-5-2)22(14-17)36-3)32(28(35)27(24)34)29-31-20-12-9-18(30)15-23(20)39-29/h6-15,25,33H,4-5H2,1-3H3/b26-24+. The number of fused-ring (bicyclic) bond motifs is 1. The number of Topliss-reactive ketones (excluding diaryl/α,β-unsaturated/α-hetero) is 1. The molecule has 4 aromatic rings. The lowest BCUT2D eigenvalue weighted by atomic mass is 9.95. The number of thiazole rings is 1. The van der Waals surface area contributed by atoms with Gasteiger partial charge in [0.05, 0.1) is 42.2 Å². The predicted molar refractivity (Wildman–Crippen MR) is 146 cm³/mol. The number of rotatable bonds is 8. The average Bonchev–Trinajstić information content (AvgIpc) is 3.46. The summed E-state index contributed by atoms with van der Waals surface area (Å²) in [6, 6.07) is 14.7. The number of aromatic nitrogens is 1. The molecule has 1 saturated heterocycles. The van der Waals surface area contributed by atoms with E-state index in [4.69, 9.17) is 14.2 Å². The highest BCUT2D eigenvalue weighted by Gasteiger charge is 2.48. The van der Waals surface area contributed by atoms with Gasteiger partial charge in [0.15, 0.2) is 16.6 Å². The molecule has 5 rings (SSSR count). The number of amides is 1. The van der Waals surface area contributed by atoms with Gasteiger partial charge in [-0.3, -0.25) is 14.5 Å². The van der Waals surface area contributed by atoms with E-state index in [0.29, 0.717) is 51.8 Å². The van der Waals surface area contributed by atoms with Crippen LogP contribution in [0, 0.1) is 5.82 Å². The number of hydrogen-bond donors (Lipinski definition) is 1. The molecule has 0 spiro atoms. The Hall–Kier alpha value is -4.44. The summed E-state index contributed by atoms with van der Waals surface area (Å²) in [4.78, 5) is 32.7. The van der Waals surface area contributed by atoms with Crippen LogP contribution in [-0.4, -0.2) is 42.1 Å². The Morgan fingerprint density at radius 1 is 1.00 bits per heavy atom. The van der Waals surface area contributed by atoms with Gasteiger partial charge >= 0.3 is 5.91 Å². The van der Waals surface area contributed by atoms with E-state index < -0.39 is 23.5 Å². The molecule has 3 aromatic carbocycles. The monoisotopic (exact) mass is 548 g/mol. The quantitative estimate of drug-likeness (QED) is 0.167. The number of aliphatic hydroxyl groups excluding tert-OH is 1. The van der Waals surface area contributed by atoms with Crippen LogP contribution in [0.2, 0.25) is 0 Å². The highest BCUT2D eigenvalue weighted by atomic mass is 32.1. The highest BCUT2D eigenvalue weighted by Crippen LogP contribution is 2.46. The van der Waals surface area contributed by atoms with Gasteiger partial charge in [-0.1, -0.05) is 17.4 Å². The molecule has 1 aromatic heterocycles. The van der Waals surface area contributed by atoms with Crippen molar-refractivity contribution >= 4 is 44.1 Å². The van der Waals surface area contributed by atoms with Crippen molar-refractivity contribution in [2.75, 3.05) is 25.2 Å². The molecule has 39 heavy (non-hydrogen) atoms. The SMILES string of the molecule is CCOc1ccc(/C(O)=C2\C(=O)C(=O)N(c3nc4ccc(F)cc4s3)C2c2ccc(OCC)c(OC)c2)cc1. The first kappa shape index (κ1) is 26.2. The fraction of sp³-hybridized carbons (Fsp3) is 0.207. The van der Waals surface area contributed by atoms with E-state index in [1.54, 1.807) is 42.5 Å². The molecule has 1 N–H and O–H groups in total. The Bertz CT molecular complexity index is 1600. The number of ketones is 1. The van der Waals surface area contributed by atoms with Gasteiger partial charge in [0.25, 0.3) is 5.78 Å². The van der Waals surface area contributed by atoms with Crippen LogP contribution in [0.3, 0.4) is 0 Å². The molecule has 2 heterocycles. The van der Waals surface area contributed by atoms with E-state index in [-0.39, 0.29) is 16.5 Å².